The van der Waals surface area contributed by atoms with Crippen LogP contribution in [0.5, 0.6) is 0 Å². The lowest BCUT2D eigenvalue weighted by Crippen LogP contribution is -2.60. The molecule has 108 valence electrons. The van der Waals surface area contributed by atoms with Crippen molar-refractivity contribution in [2.45, 2.75) is 38.8 Å². The molecule has 0 fully saturated rings. The first kappa shape index (κ1) is 16.9. The van der Waals surface area contributed by atoms with Crippen LogP contribution in [0.25, 0.3) is 0 Å². The van der Waals surface area contributed by atoms with Gasteiger partial charge in [-0.05, 0) is 13.8 Å². The average Bonchev–Trinajstić information content (AvgIpc) is 2.27. The van der Waals surface area contributed by atoms with E-state index < -0.39 is 29.3 Å². The van der Waals surface area contributed by atoms with E-state index in [1.165, 1.54) is 27.8 Å². The SMILES string of the molecule is CNC(=O)C[C@](C)(NC(=O)[C@H](C)NC(C)=O)C(N)=O. The minimum atomic E-state index is -1.51. The summed E-state index contributed by atoms with van der Waals surface area (Å²) in [6, 6.07) is -0.833. The van der Waals surface area contributed by atoms with E-state index in [2.05, 4.69) is 16.0 Å². The Bertz CT molecular complexity index is 396. The van der Waals surface area contributed by atoms with E-state index in [9.17, 15) is 19.2 Å². The van der Waals surface area contributed by atoms with Gasteiger partial charge in [0.05, 0.1) is 6.42 Å². The number of nitrogens with two attached hydrogens (primary N) is 1. The molecule has 0 aromatic carbocycles. The Labute approximate surface area is 111 Å². The van der Waals surface area contributed by atoms with E-state index in [1.807, 2.05) is 0 Å². The molecule has 0 aliphatic heterocycles. The molecular formula is C11H20N4O4. The van der Waals surface area contributed by atoms with Crippen LogP contribution >= 0.6 is 0 Å². The summed E-state index contributed by atoms with van der Waals surface area (Å²) < 4.78 is 0. The molecule has 4 amide bonds. The number of amides is 4. The highest BCUT2D eigenvalue weighted by Crippen LogP contribution is 2.09. The summed E-state index contributed by atoms with van der Waals surface area (Å²) in [6.45, 7) is 4.07. The fraction of sp³-hybridized carbons (Fsp3) is 0.636. The summed E-state index contributed by atoms with van der Waals surface area (Å²) in [5.74, 6) is -2.25. The van der Waals surface area contributed by atoms with Crippen LogP contribution in [0.4, 0.5) is 0 Å². The maximum Gasteiger partial charge on any atom is 0.243 e. The number of rotatable bonds is 6. The zero-order valence-corrected chi connectivity index (χ0v) is 11.5. The van der Waals surface area contributed by atoms with E-state index in [-0.39, 0.29) is 12.3 Å². The van der Waals surface area contributed by atoms with E-state index in [0.717, 1.165) is 0 Å². The van der Waals surface area contributed by atoms with Gasteiger partial charge in [-0.3, -0.25) is 19.2 Å². The van der Waals surface area contributed by atoms with Gasteiger partial charge < -0.3 is 21.7 Å². The van der Waals surface area contributed by atoms with Crippen molar-refractivity contribution in [3.8, 4) is 0 Å². The molecule has 2 atom stereocenters. The number of hydrogen-bond acceptors (Lipinski definition) is 4. The molecule has 5 N–H and O–H groups in total. The molecule has 0 aromatic rings. The molecule has 0 rings (SSSR count). The number of primary amides is 1. The first-order chi connectivity index (χ1) is 8.62. The number of carbonyl (C=O) groups excluding carboxylic acids is 4. The minimum absolute atomic E-state index is 0.280. The van der Waals surface area contributed by atoms with Crippen molar-refractivity contribution in [1.29, 1.82) is 0 Å². The van der Waals surface area contributed by atoms with Crippen LogP contribution < -0.4 is 21.7 Å². The predicted molar refractivity (Wildman–Crippen MR) is 67.7 cm³/mol. The molecule has 0 radical (unpaired) electrons. The summed E-state index contributed by atoms with van der Waals surface area (Å²) in [4.78, 5) is 45.4. The van der Waals surface area contributed by atoms with Gasteiger partial charge in [0.25, 0.3) is 0 Å². The second-order valence-electron chi connectivity index (χ2n) is 4.46. The standard InChI is InChI=1S/C11H20N4O4/c1-6(14-7(2)16)9(18)15-11(3,10(12)19)5-8(17)13-4/h6H,5H2,1-4H3,(H2,12,19)(H,13,17)(H,14,16)(H,15,18)/t6-,11-/m0/s1. The Balaban J connectivity index is 4.84. The van der Waals surface area contributed by atoms with Crippen molar-refractivity contribution in [2.75, 3.05) is 7.05 Å². The Hall–Kier alpha value is -2.12. The van der Waals surface area contributed by atoms with Crippen molar-refractivity contribution in [3.05, 3.63) is 0 Å². The zero-order chi connectivity index (χ0) is 15.2. The van der Waals surface area contributed by atoms with E-state index >= 15 is 0 Å². The van der Waals surface area contributed by atoms with Gasteiger partial charge in [0, 0.05) is 14.0 Å². The summed E-state index contributed by atoms with van der Waals surface area (Å²) in [6.07, 6.45) is -0.280. The Kier molecular flexibility index (Phi) is 5.97. The van der Waals surface area contributed by atoms with Crippen molar-refractivity contribution in [3.63, 3.8) is 0 Å². The summed E-state index contributed by atoms with van der Waals surface area (Å²) >= 11 is 0. The summed E-state index contributed by atoms with van der Waals surface area (Å²) in [5.41, 5.74) is 3.69. The van der Waals surface area contributed by atoms with Gasteiger partial charge in [-0.1, -0.05) is 0 Å². The molecule has 0 aliphatic carbocycles. The topological polar surface area (TPSA) is 130 Å². The first-order valence-electron chi connectivity index (χ1n) is 5.72. The van der Waals surface area contributed by atoms with Crippen LogP contribution in [0.3, 0.4) is 0 Å². The van der Waals surface area contributed by atoms with E-state index in [1.54, 1.807) is 0 Å². The van der Waals surface area contributed by atoms with Crippen LogP contribution in [0.1, 0.15) is 27.2 Å². The van der Waals surface area contributed by atoms with E-state index in [4.69, 9.17) is 5.73 Å². The second kappa shape index (κ2) is 6.72. The second-order valence-corrected chi connectivity index (χ2v) is 4.46. The van der Waals surface area contributed by atoms with Gasteiger partial charge >= 0.3 is 0 Å². The van der Waals surface area contributed by atoms with Gasteiger partial charge in [-0.15, -0.1) is 0 Å². The molecule has 0 saturated carbocycles. The van der Waals surface area contributed by atoms with Crippen LogP contribution in [-0.2, 0) is 19.2 Å². The first-order valence-corrected chi connectivity index (χ1v) is 5.72. The van der Waals surface area contributed by atoms with Gasteiger partial charge in [0.1, 0.15) is 11.6 Å². The minimum Gasteiger partial charge on any atom is -0.368 e. The third kappa shape index (κ3) is 5.36. The molecule has 0 spiro atoms. The van der Waals surface area contributed by atoms with Crippen LogP contribution in [-0.4, -0.2) is 42.3 Å². The zero-order valence-electron chi connectivity index (χ0n) is 11.5. The summed E-state index contributed by atoms with van der Waals surface area (Å²) in [7, 11) is 1.41. The van der Waals surface area contributed by atoms with Crippen LogP contribution in [0.15, 0.2) is 0 Å². The third-order valence-electron chi connectivity index (χ3n) is 2.55. The number of hydrogen-bond donors (Lipinski definition) is 4. The molecule has 8 heteroatoms. The molecule has 19 heavy (non-hydrogen) atoms. The van der Waals surface area contributed by atoms with Crippen LogP contribution in [0, 0.1) is 0 Å². The number of nitrogens with one attached hydrogen (secondary N) is 3. The molecule has 0 unspecified atom stereocenters. The molecule has 0 aromatic heterocycles. The molecule has 0 heterocycles. The Morgan fingerprint density at radius 2 is 1.79 bits per heavy atom. The highest BCUT2D eigenvalue weighted by molar-refractivity contribution is 5.96. The Morgan fingerprint density at radius 1 is 1.26 bits per heavy atom. The fourth-order valence-corrected chi connectivity index (χ4v) is 1.35. The van der Waals surface area contributed by atoms with Crippen molar-refractivity contribution in [2.24, 2.45) is 5.73 Å². The smallest absolute Gasteiger partial charge is 0.243 e. The van der Waals surface area contributed by atoms with Gasteiger partial charge in [0.2, 0.25) is 23.6 Å². The lowest BCUT2D eigenvalue weighted by atomic mass is 9.95. The van der Waals surface area contributed by atoms with Crippen molar-refractivity contribution >= 4 is 23.6 Å². The van der Waals surface area contributed by atoms with Gasteiger partial charge in [0.15, 0.2) is 0 Å². The average molecular weight is 272 g/mol. The van der Waals surface area contributed by atoms with Gasteiger partial charge in [-0.2, -0.15) is 0 Å². The lowest BCUT2D eigenvalue weighted by molar-refractivity contribution is -0.135. The molecule has 0 saturated heterocycles. The maximum atomic E-state index is 11.8. The molecule has 0 bridgehead atoms. The number of carbonyl (C=O) groups is 4. The monoisotopic (exact) mass is 272 g/mol. The highest BCUT2D eigenvalue weighted by Gasteiger charge is 2.36. The molecule has 8 nitrogen and oxygen atoms in total. The van der Waals surface area contributed by atoms with Crippen molar-refractivity contribution in [1.82, 2.24) is 16.0 Å². The normalized spacial score (nSPS) is 14.7. The highest BCUT2D eigenvalue weighted by atomic mass is 16.2. The quantitative estimate of drug-likeness (QED) is 0.445. The maximum absolute atomic E-state index is 11.8. The predicted octanol–water partition coefficient (Wildman–Crippen LogP) is -1.99. The van der Waals surface area contributed by atoms with Gasteiger partial charge in [-0.25, -0.2) is 0 Å². The summed E-state index contributed by atoms with van der Waals surface area (Å²) in [5, 5.41) is 7.08. The van der Waals surface area contributed by atoms with Crippen molar-refractivity contribution < 1.29 is 19.2 Å². The van der Waals surface area contributed by atoms with E-state index in [0.29, 0.717) is 0 Å². The Morgan fingerprint density at radius 3 is 2.16 bits per heavy atom. The molecular weight excluding hydrogens is 252 g/mol. The van der Waals surface area contributed by atoms with Crippen LogP contribution in [0.2, 0.25) is 0 Å². The fourth-order valence-electron chi connectivity index (χ4n) is 1.35. The lowest BCUT2D eigenvalue weighted by Gasteiger charge is -2.28. The molecule has 0 aliphatic rings. The third-order valence-corrected chi connectivity index (χ3v) is 2.55. The largest absolute Gasteiger partial charge is 0.368 e.